The summed E-state index contributed by atoms with van der Waals surface area (Å²) in [6, 6.07) is 12.4. The smallest absolute Gasteiger partial charge is 0.279 e. The highest BCUT2D eigenvalue weighted by molar-refractivity contribution is 5.85. The summed E-state index contributed by atoms with van der Waals surface area (Å²) in [5, 5.41) is 12.0. The van der Waals surface area contributed by atoms with Crippen molar-refractivity contribution in [2.75, 3.05) is 26.8 Å². The second kappa shape index (κ2) is 8.67. The van der Waals surface area contributed by atoms with Crippen LogP contribution < -0.4 is 25.2 Å². The van der Waals surface area contributed by atoms with Gasteiger partial charge in [0.25, 0.3) is 5.56 Å². The topological polar surface area (TPSA) is 111 Å². The van der Waals surface area contributed by atoms with E-state index in [1.54, 1.807) is 51.7 Å². The maximum Gasteiger partial charge on any atom is 0.279 e. The Morgan fingerprint density at radius 2 is 1.79 bits per heavy atom. The van der Waals surface area contributed by atoms with Gasteiger partial charge in [-0.15, -0.1) is 10.2 Å². The first-order chi connectivity index (χ1) is 13.7. The Balaban J connectivity index is 1.76. The minimum absolute atomic E-state index is 0.111. The fourth-order valence-corrected chi connectivity index (χ4v) is 2.50. The third-order valence-corrected chi connectivity index (χ3v) is 3.87. The molecule has 9 nitrogen and oxygen atoms in total. The number of hydrazone groups is 1. The molecule has 0 saturated heterocycles. The molecule has 9 heteroatoms. The van der Waals surface area contributed by atoms with Crippen molar-refractivity contribution in [2.45, 2.75) is 0 Å². The lowest BCUT2D eigenvalue weighted by atomic mass is 10.1. The number of aromatic amines is 1. The zero-order valence-electron chi connectivity index (χ0n) is 15.6. The first kappa shape index (κ1) is 18.9. The van der Waals surface area contributed by atoms with Crippen molar-refractivity contribution in [1.29, 1.82) is 0 Å². The number of hydrogen-bond donors (Lipinski definition) is 2. The highest BCUT2D eigenvalue weighted by atomic mass is 16.5. The fourth-order valence-electron chi connectivity index (χ4n) is 2.50. The van der Waals surface area contributed by atoms with E-state index in [1.165, 1.54) is 6.21 Å². The van der Waals surface area contributed by atoms with Crippen LogP contribution in [0.3, 0.4) is 0 Å². The molecule has 0 aliphatic heterocycles. The van der Waals surface area contributed by atoms with Crippen LogP contribution in [0.5, 0.6) is 17.2 Å². The number of ether oxygens (including phenoxy) is 3. The molecule has 0 aliphatic rings. The van der Waals surface area contributed by atoms with Crippen molar-refractivity contribution >= 4 is 12.2 Å². The summed E-state index contributed by atoms with van der Waals surface area (Å²) in [5.41, 5.74) is 3.78. The Hall–Kier alpha value is -3.88. The minimum Gasteiger partial charge on any atom is -0.497 e. The highest BCUT2D eigenvalue weighted by Gasteiger charge is 2.09. The first-order valence-electron chi connectivity index (χ1n) is 8.27. The lowest BCUT2D eigenvalue weighted by molar-refractivity contribution is 0.354. The predicted molar refractivity (Wildman–Crippen MR) is 105 cm³/mol. The maximum absolute atomic E-state index is 12.3. The van der Waals surface area contributed by atoms with E-state index in [4.69, 9.17) is 14.2 Å². The summed E-state index contributed by atoms with van der Waals surface area (Å²) < 4.78 is 15.7. The van der Waals surface area contributed by atoms with Gasteiger partial charge < -0.3 is 14.2 Å². The van der Waals surface area contributed by atoms with Crippen LogP contribution in [0.4, 0.5) is 5.95 Å². The predicted octanol–water partition coefficient (Wildman–Crippen LogP) is 2.30. The third kappa shape index (κ3) is 4.09. The lowest BCUT2D eigenvalue weighted by Gasteiger charge is -2.09. The maximum atomic E-state index is 12.3. The zero-order valence-corrected chi connectivity index (χ0v) is 15.6. The summed E-state index contributed by atoms with van der Waals surface area (Å²) in [6.07, 6.45) is 1.53. The van der Waals surface area contributed by atoms with Gasteiger partial charge in [-0.25, -0.2) is 5.43 Å². The largest absolute Gasteiger partial charge is 0.497 e. The Kier molecular flexibility index (Phi) is 5.85. The number of nitrogens with zero attached hydrogens (tertiary/aromatic N) is 3. The summed E-state index contributed by atoms with van der Waals surface area (Å²) in [4.78, 5) is 14.9. The minimum atomic E-state index is -0.392. The molecular weight excluding hydrogens is 362 g/mol. The van der Waals surface area contributed by atoms with Crippen molar-refractivity contribution < 1.29 is 14.2 Å². The van der Waals surface area contributed by atoms with Crippen LogP contribution in [-0.4, -0.2) is 42.7 Å². The van der Waals surface area contributed by atoms with Gasteiger partial charge in [-0.3, -0.25) is 9.78 Å². The average Bonchev–Trinajstić information content (AvgIpc) is 2.73. The highest BCUT2D eigenvalue weighted by Crippen LogP contribution is 2.29. The van der Waals surface area contributed by atoms with Crippen LogP contribution in [0, 0.1) is 0 Å². The number of hydrogen-bond acceptors (Lipinski definition) is 8. The number of H-pyrrole nitrogens is 1. The molecule has 0 aliphatic carbocycles. The molecule has 3 rings (SSSR count). The van der Waals surface area contributed by atoms with Crippen LogP contribution in [-0.2, 0) is 0 Å². The summed E-state index contributed by atoms with van der Waals surface area (Å²) in [5.74, 6) is 1.93. The Bertz CT molecular complexity index is 1030. The third-order valence-electron chi connectivity index (χ3n) is 3.87. The lowest BCUT2D eigenvalue weighted by Crippen LogP contribution is -2.15. The van der Waals surface area contributed by atoms with Gasteiger partial charge >= 0.3 is 0 Å². The number of para-hydroxylation sites is 1. The van der Waals surface area contributed by atoms with Crippen molar-refractivity contribution in [3.8, 4) is 28.5 Å². The number of rotatable bonds is 7. The van der Waals surface area contributed by atoms with Gasteiger partial charge in [0.1, 0.15) is 5.75 Å². The molecule has 0 unspecified atom stereocenters. The van der Waals surface area contributed by atoms with Crippen LogP contribution in [0.2, 0.25) is 0 Å². The van der Waals surface area contributed by atoms with Crippen molar-refractivity contribution in [3.63, 3.8) is 0 Å². The second-order valence-electron chi connectivity index (χ2n) is 5.53. The Labute approximate surface area is 161 Å². The molecule has 0 radical (unpaired) electrons. The molecule has 144 valence electrons. The number of nitrogens with one attached hydrogen (secondary N) is 2. The van der Waals surface area contributed by atoms with Gasteiger partial charge in [-0.2, -0.15) is 5.10 Å². The van der Waals surface area contributed by atoms with Crippen molar-refractivity contribution in [2.24, 2.45) is 5.10 Å². The zero-order chi connectivity index (χ0) is 19.9. The van der Waals surface area contributed by atoms with E-state index in [2.05, 4.69) is 25.7 Å². The molecule has 1 heterocycles. The van der Waals surface area contributed by atoms with E-state index in [9.17, 15) is 4.79 Å². The van der Waals surface area contributed by atoms with Crippen LogP contribution >= 0.6 is 0 Å². The van der Waals surface area contributed by atoms with Gasteiger partial charge in [0, 0.05) is 11.1 Å². The van der Waals surface area contributed by atoms with Crippen LogP contribution in [0.25, 0.3) is 11.3 Å². The molecule has 0 fully saturated rings. The molecule has 3 aromatic rings. The van der Waals surface area contributed by atoms with Crippen LogP contribution in [0.15, 0.2) is 52.4 Å². The number of benzene rings is 2. The number of methoxy groups -OCH3 is 3. The average molecular weight is 381 g/mol. The van der Waals surface area contributed by atoms with E-state index in [0.717, 1.165) is 0 Å². The van der Waals surface area contributed by atoms with Crippen LogP contribution in [0.1, 0.15) is 5.56 Å². The molecular formula is C19H19N5O4. The second-order valence-corrected chi connectivity index (χ2v) is 5.53. The SMILES string of the molecule is COc1ccc(-c2nnc(N/N=C/c3cccc(OC)c3OC)[nH]c2=O)cc1. The molecule has 28 heavy (non-hydrogen) atoms. The van der Waals surface area contributed by atoms with Gasteiger partial charge in [-0.05, 0) is 36.4 Å². The van der Waals surface area contributed by atoms with Crippen molar-refractivity contribution in [3.05, 3.63) is 58.4 Å². The molecule has 0 atom stereocenters. The fraction of sp³-hybridized carbons (Fsp3) is 0.158. The van der Waals surface area contributed by atoms with Gasteiger partial charge in [0.15, 0.2) is 17.2 Å². The molecule has 2 aromatic carbocycles. The molecule has 2 N–H and O–H groups in total. The Morgan fingerprint density at radius 1 is 1.00 bits per heavy atom. The Morgan fingerprint density at radius 3 is 2.43 bits per heavy atom. The van der Waals surface area contributed by atoms with Crippen molar-refractivity contribution in [1.82, 2.24) is 15.2 Å². The number of anilines is 1. The molecule has 0 bridgehead atoms. The van der Waals surface area contributed by atoms with E-state index >= 15 is 0 Å². The molecule has 0 saturated carbocycles. The summed E-state index contributed by atoms with van der Waals surface area (Å²) in [6.45, 7) is 0. The number of aromatic nitrogens is 3. The van der Waals surface area contributed by atoms with Gasteiger partial charge in [0.2, 0.25) is 5.95 Å². The van der Waals surface area contributed by atoms with E-state index < -0.39 is 5.56 Å². The molecule has 1 aromatic heterocycles. The molecule has 0 amide bonds. The summed E-state index contributed by atoms with van der Waals surface area (Å²) >= 11 is 0. The van der Waals surface area contributed by atoms with Gasteiger partial charge in [0.05, 0.1) is 27.5 Å². The normalized spacial score (nSPS) is 10.7. The summed E-state index contributed by atoms with van der Waals surface area (Å²) in [7, 11) is 4.68. The molecule has 0 spiro atoms. The quantitative estimate of drug-likeness (QED) is 0.477. The first-order valence-corrected chi connectivity index (χ1v) is 8.27. The standard InChI is InChI=1S/C19H19N5O4/c1-26-14-9-7-12(8-10-14)16-18(25)21-19(24-22-16)23-20-11-13-5-4-6-15(27-2)17(13)28-3/h4-11H,1-3H3,(H2,21,23,24,25)/b20-11+. The van der Waals surface area contributed by atoms with E-state index in [-0.39, 0.29) is 11.6 Å². The van der Waals surface area contributed by atoms with E-state index in [0.29, 0.717) is 28.4 Å². The van der Waals surface area contributed by atoms with Gasteiger partial charge in [-0.1, -0.05) is 6.07 Å². The monoisotopic (exact) mass is 381 g/mol. The van der Waals surface area contributed by atoms with E-state index in [1.807, 2.05) is 12.1 Å².